The minimum absolute atomic E-state index is 0.770. The molecule has 0 amide bonds. The van der Waals surface area contributed by atoms with Crippen molar-refractivity contribution in [2.45, 2.75) is 11.9 Å². The molecule has 0 aliphatic rings. The second kappa shape index (κ2) is 4.53. The zero-order valence-corrected chi connectivity index (χ0v) is 9.45. The molecule has 0 aliphatic carbocycles. The Kier molecular flexibility index (Phi) is 3.62. The molecule has 5 heteroatoms. The van der Waals surface area contributed by atoms with E-state index in [0.29, 0.717) is 0 Å². The SMILES string of the molecule is Cc1nccc(SC(=S)N(C)C)n1. The Morgan fingerprint density at radius 2 is 2.23 bits per heavy atom. The molecule has 0 bridgehead atoms. The summed E-state index contributed by atoms with van der Waals surface area (Å²) in [7, 11) is 3.84. The summed E-state index contributed by atoms with van der Waals surface area (Å²) < 4.78 is 0.804. The molecule has 0 aromatic carbocycles. The maximum atomic E-state index is 5.13. The van der Waals surface area contributed by atoms with E-state index < -0.39 is 0 Å². The monoisotopic (exact) mass is 213 g/mol. The zero-order valence-electron chi connectivity index (χ0n) is 7.81. The van der Waals surface area contributed by atoms with Gasteiger partial charge in [-0.2, -0.15) is 0 Å². The largest absolute Gasteiger partial charge is 0.363 e. The molecule has 0 unspecified atom stereocenters. The summed E-state index contributed by atoms with van der Waals surface area (Å²) in [6, 6.07) is 1.85. The Morgan fingerprint density at radius 1 is 1.54 bits per heavy atom. The van der Waals surface area contributed by atoms with E-state index in [9.17, 15) is 0 Å². The summed E-state index contributed by atoms with van der Waals surface area (Å²) in [5, 5.41) is 0.895. The van der Waals surface area contributed by atoms with E-state index in [1.807, 2.05) is 32.0 Å². The summed E-state index contributed by atoms with van der Waals surface area (Å²) >= 11 is 6.60. The van der Waals surface area contributed by atoms with Crippen LogP contribution in [0.25, 0.3) is 0 Å². The maximum Gasteiger partial charge on any atom is 0.142 e. The van der Waals surface area contributed by atoms with Crippen molar-refractivity contribution in [3.05, 3.63) is 18.1 Å². The molecular weight excluding hydrogens is 202 g/mol. The lowest BCUT2D eigenvalue weighted by Gasteiger charge is -2.11. The van der Waals surface area contributed by atoms with Gasteiger partial charge in [-0.3, -0.25) is 0 Å². The van der Waals surface area contributed by atoms with Crippen molar-refractivity contribution in [3.63, 3.8) is 0 Å². The summed E-state index contributed by atoms with van der Waals surface area (Å²) in [6.07, 6.45) is 1.74. The van der Waals surface area contributed by atoms with E-state index in [-0.39, 0.29) is 0 Å². The van der Waals surface area contributed by atoms with Gasteiger partial charge in [-0.1, -0.05) is 12.2 Å². The lowest BCUT2D eigenvalue weighted by Crippen LogP contribution is -2.16. The van der Waals surface area contributed by atoms with Crippen LogP contribution in [-0.4, -0.2) is 33.3 Å². The Morgan fingerprint density at radius 3 is 2.77 bits per heavy atom. The quantitative estimate of drug-likeness (QED) is 0.402. The minimum Gasteiger partial charge on any atom is -0.363 e. The van der Waals surface area contributed by atoms with Gasteiger partial charge in [0.1, 0.15) is 15.2 Å². The van der Waals surface area contributed by atoms with Gasteiger partial charge in [0.25, 0.3) is 0 Å². The molecule has 0 spiro atoms. The first-order valence-corrected chi connectivity index (χ1v) is 5.01. The van der Waals surface area contributed by atoms with Gasteiger partial charge < -0.3 is 4.90 Å². The van der Waals surface area contributed by atoms with Crippen molar-refractivity contribution in [3.8, 4) is 0 Å². The topological polar surface area (TPSA) is 29.0 Å². The van der Waals surface area contributed by atoms with E-state index in [1.54, 1.807) is 6.20 Å². The highest BCUT2D eigenvalue weighted by Crippen LogP contribution is 2.17. The molecule has 1 aromatic heterocycles. The van der Waals surface area contributed by atoms with Crippen LogP contribution in [-0.2, 0) is 0 Å². The van der Waals surface area contributed by atoms with Crippen molar-refractivity contribution in [1.82, 2.24) is 14.9 Å². The molecule has 0 aliphatic heterocycles. The number of aryl methyl sites for hydroxylation is 1. The molecule has 0 saturated heterocycles. The maximum absolute atomic E-state index is 5.13. The fourth-order valence-corrected chi connectivity index (χ4v) is 1.60. The molecule has 0 atom stereocenters. The van der Waals surface area contributed by atoms with Crippen LogP contribution < -0.4 is 0 Å². The molecule has 70 valence electrons. The van der Waals surface area contributed by atoms with Crippen molar-refractivity contribution in [2.24, 2.45) is 0 Å². The Balaban J connectivity index is 2.69. The number of nitrogens with zero attached hydrogens (tertiary/aromatic N) is 3. The lowest BCUT2D eigenvalue weighted by atomic mass is 10.6. The average Bonchev–Trinajstić information content (AvgIpc) is 2.04. The third kappa shape index (κ3) is 3.28. The van der Waals surface area contributed by atoms with Gasteiger partial charge in [0.15, 0.2) is 0 Å². The minimum atomic E-state index is 0.770. The average molecular weight is 213 g/mol. The third-order valence-corrected chi connectivity index (χ3v) is 2.90. The highest BCUT2D eigenvalue weighted by molar-refractivity contribution is 8.22. The van der Waals surface area contributed by atoms with Gasteiger partial charge >= 0.3 is 0 Å². The molecule has 1 heterocycles. The molecule has 0 N–H and O–H groups in total. The Labute approximate surface area is 87.6 Å². The summed E-state index contributed by atoms with van der Waals surface area (Å²) in [6.45, 7) is 1.86. The van der Waals surface area contributed by atoms with Crippen molar-refractivity contribution >= 4 is 28.3 Å². The van der Waals surface area contributed by atoms with Crippen molar-refractivity contribution in [1.29, 1.82) is 0 Å². The van der Waals surface area contributed by atoms with Crippen LogP contribution in [0, 0.1) is 6.92 Å². The fraction of sp³-hybridized carbons (Fsp3) is 0.375. The molecule has 1 rings (SSSR count). The van der Waals surface area contributed by atoms with Gasteiger partial charge in [-0.25, -0.2) is 9.97 Å². The van der Waals surface area contributed by atoms with E-state index in [2.05, 4.69) is 9.97 Å². The van der Waals surface area contributed by atoms with Crippen LogP contribution in [0.4, 0.5) is 0 Å². The van der Waals surface area contributed by atoms with Gasteiger partial charge in [-0.15, -0.1) is 0 Å². The van der Waals surface area contributed by atoms with Crippen LogP contribution in [0.1, 0.15) is 5.82 Å². The Bertz CT molecular complexity index is 312. The number of hydrogen-bond donors (Lipinski definition) is 0. The number of thiocarbonyl (C=S) groups is 1. The van der Waals surface area contributed by atoms with Crippen molar-refractivity contribution in [2.75, 3.05) is 14.1 Å². The summed E-state index contributed by atoms with van der Waals surface area (Å²) in [5.74, 6) is 0.770. The van der Waals surface area contributed by atoms with Crippen LogP contribution in [0.3, 0.4) is 0 Å². The van der Waals surface area contributed by atoms with Gasteiger partial charge in [-0.05, 0) is 24.8 Å². The summed E-state index contributed by atoms with van der Waals surface area (Å²) in [5.41, 5.74) is 0. The van der Waals surface area contributed by atoms with Crippen LogP contribution >= 0.6 is 24.0 Å². The number of hydrogen-bond acceptors (Lipinski definition) is 4. The molecule has 1 aromatic rings. The van der Waals surface area contributed by atoms with Gasteiger partial charge in [0.05, 0.1) is 0 Å². The highest BCUT2D eigenvalue weighted by Gasteiger charge is 2.03. The van der Waals surface area contributed by atoms with E-state index in [4.69, 9.17) is 12.2 Å². The molecule has 3 nitrogen and oxygen atoms in total. The second-order valence-electron chi connectivity index (χ2n) is 2.70. The zero-order chi connectivity index (χ0) is 9.84. The standard InChI is InChI=1S/C8H11N3S2/c1-6-9-5-4-7(10-6)13-8(12)11(2)3/h4-5H,1-3H3. The first-order chi connectivity index (χ1) is 6.09. The predicted octanol–water partition coefficient (Wildman–Crippen LogP) is 1.72. The number of thioether (sulfide) groups is 1. The van der Waals surface area contributed by atoms with Gasteiger partial charge in [0, 0.05) is 20.3 Å². The third-order valence-electron chi connectivity index (χ3n) is 1.31. The predicted molar refractivity (Wildman–Crippen MR) is 58.9 cm³/mol. The molecule has 0 saturated carbocycles. The highest BCUT2D eigenvalue weighted by atomic mass is 32.2. The molecule has 13 heavy (non-hydrogen) atoms. The normalized spacial score (nSPS) is 9.77. The first-order valence-electron chi connectivity index (χ1n) is 3.78. The van der Waals surface area contributed by atoms with E-state index in [0.717, 1.165) is 15.2 Å². The fourth-order valence-electron chi connectivity index (χ4n) is 0.672. The van der Waals surface area contributed by atoms with Gasteiger partial charge in [0.2, 0.25) is 0 Å². The molecular formula is C8H11N3S2. The molecule has 0 radical (unpaired) electrons. The van der Waals surface area contributed by atoms with E-state index in [1.165, 1.54) is 11.8 Å². The molecule has 0 fully saturated rings. The van der Waals surface area contributed by atoms with Crippen LogP contribution in [0.2, 0.25) is 0 Å². The smallest absolute Gasteiger partial charge is 0.142 e. The van der Waals surface area contributed by atoms with Crippen molar-refractivity contribution < 1.29 is 0 Å². The number of aromatic nitrogens is 2. The van der Waals surface area contributed by atoms with Crippen LogP contribution in [0.15, 0.2) is 17.3 Å². The second-order valence-corrected chi connectivity index (χ2v) is 4.36. The first kappa shape index (κ1) is 10.4. The Hall–Kier alpha value is -0.680. The van der Waals surface area contributed by atoms with Crippen LogP contribution in [0.5, 0.6) is 0 Å². The van der Waals surface area contributed by atoms with E-state index >= 15 is 0 Å². The lowest BCUT2D eigenvalue weighted by molar-refractivity contribution is 0.647. The number of rotatable bonds is 1. The summed E-state index contributed by atoms with van der Waals surface area (Å²) in [4.78, 5) is 10.1.